The van der Waals surface area contributed by atoms with Crippen LogP contribution in [0.15, 0.2) is 42.6 Å². The van der Waals surface area contributed by atoms with Crippen LogP contribution in [0, 0.1) is 0 Å². The van der Waals surface area contributed by atoms with Gasteiger partial charge in [0.05, 0.1) is 18.8 Å². The summed E-state index contributed by atoms with van der Waals surface area (Å²) < 4.78 is 12.6. The molecule has 3 heterocycles. The number of fused-ring (bicyclic) bond motifs is 1. The number of amides is 1. The number of aromatic amines is 1. The number of aromatic nitrogens is 5. The standard InChI is InChI=1S/C23H26N8O3/c1-31-22(26-17-5-6-19-16(9-17)11-25-29-19)28-21(30-31)14-3-4-15(20(10-14)33-2)13-34-23(32)27-18-7-8-24-12-18/h3-6,9-11,18,24H,7-8,12-13H2,1-2H3,(H,25,29)(H,27,32)(H,26,28,30). The second-order valence-corrected chi connectivity index (χ2v) is 8.12. The zero-order chi connectivity index (χ0) is 23.5. The van der Waals surface area contributed by atoms with Crippen molar-refractivity contribution in [2.75, 3.05) is 25.5 Å². The third-order valence-corrected chi connectivity index (χ3v) is 5.75. The Labute approximate surface area is 195 Å². The average Bonchev–Trinajstić information content (AvgIpc) is 3.59. The van der Waals surface area contributed by atoms with Crippen LogP contribution in [0.25, 0.3) is 22.3 Å². The average molecular weight is 463 g/mol. The van der Waals surface area contributed by atoms with Crippen LogP contribution in [0.1, 0.15) is 12.0 Å². The molecule has 1 fully saturated rings. The summed E-state index contributed by atoms with van der Waals surface area (Å²) in [4.78, 5) is 16.7. The Bertz CT molecular complexity index is 1310. The first-order valence-corrected chi connectivity index (χ1v) is 11.0. The van der Waals surface area contributed by atoms with Gasteiger partial charge in [-0.05, 0) is 37.2 Å². The highest BCUT2D eigenvalue weighted by molar-refractivity contribution is 5.82. The highest BCUT2D eigenvalue weighted by atomic mass is 16.5. The van der Waals surface area contributed by atoms with Crippen molar-refractivity contribution in [1.82, 2.24) is 35.6 Å². The van der Waals surface area contributed by atoms with Gasteiger partial charge in [0.1, 0.15) is 12.4 Å². The molecule has 0 spiro atoms. The van der Waals surface area contributed by atoms with Crippen LogP contribution < -0.4 is 20.7 Å². The Kier molecular flexibility index (Phi) is 6.00. The summed E-state index contributed by atoms with van der Waals surface area (Å²) in [5.74, 6) is 1.74. The van der Waals surface area contributed by atoms with E-state index in [2.05, 4.69) is 36.2 Å². The van der Waals surface area contributed by atoms with E-state index in [9.17, 15) is 4.79 Å². The minimum absolute atomic E-state index is 0.106. The molecular weight excluding hydrogens is 436 g/mol. The summed E-state index contributed by atoms with van der Waals surface area (Å²) in [5.41, 5.74) is 3.39. The number of methoxy groups -OCH3 is 1. The maximum Gasteiger partial charge on any atom is 0.407 e. The Hall–Kier alpha value is -4.12. The number of H-pyrrole nitrogens is 1. The number of ether oxygens (including phenoxy) is 2. The van der Waals surface area contributed by atoms with Crippen molar-refractivity contribution >= 4 is 28.6 Å². The van der Waals surface area contributed by atoms with Crippen LogP contribution >= 0.6 is 0 Å². The van der Waals surface area contributed by atoms with Crippen LogP contribution in [-0.4, -0.2) is 57.3 Å². The number of carbonyl (C=O) groups is 1. The van der Waals surface area contributed by atoms with Gasteiger partial charge >= 0.3 is 6.09 Å². The van der Waals surface area contributed by atoms with E-state index in [4.69, 9.17) is 9.47 Å². The molecule has 0 radical (unpaired) electrons. The molecule has 11 nitrogen and oxygen atoms in total. The molecule has 2 aromatic carbocycles. The normalized spacial score (nSPS) is 15.4. The minimum Gasteiger partial charge on any atom is -0.496 e. The van der Waals surface area contributed by atoms with Crippen LogP contribution in [0.5, 0.6) is 5.75 Å². The Morgan fingerprint density at radius 2 is 2.18 bits per heavy atom. The Balaban J connectivity index is 1.28. The molecule has 0 saturated carbocycles. The number of anilines is 2. The predicted octanol–water partition coefficient (Wildman–Crippen LogP) is 2.70. The fourth-order valence-corrected chi connectivity index (χ4v) is 3.90. The second kappa shape index (κ2) is 9.40. The molecule has 176 valence electrons. The van der Waals surface area contributed by atoms with Gasteiger partial charge in [0.2, 0.25) is 5.95 Å². The van der Waals surface area contributed by atoms with Crippen molar-refractivity contribution in [3.63, 3.8) is 0 Å². The van der Waals surface area contributed by atoms with E-state index >= 15 is 0 Å². The number of hydrogen-bond acceptors (Lipinski definition) is 8. The number of nitrogens with one attached hydrogen (secondary N) is 4. The quantitative estimate of drug-likeness (QED) is 0.330. The lowest BCUT2D eigenvalue weighted by Crippen LogP contribution is -2.36. The van der Waals surface area contributed by atoms with Gasteiger partial charge in [-0.25, -0.2) is 9.48 Å². The maximum absolute atomic E-state index is 12.1. The maximum atomic E-state index is 12.1. The van der Waals surface area contributed by atoms with E-state index in [-0.39, 0.29) is 12.6 Å². The monoisotopic (exact) mass is 462 g/mol. The first-order chi connectivity index (χ1) is 16.6. The second-order valence-electron chi connectivity index (χ2n) is 8.12. The first-order valence-electron chi connectivity index (χ1n) is 11.0. The summed E-state index contributed by atoms with van der Waals surface area (Å²) in [6.07, 6.45) is 2.24. The molecule has 0 bridgehead atoms. The number of nitrogens with zero attached hydrogens (tertiary/aromatic N) is 4. The highest BCUT2D eigenvalue weighted by Crippen LogP contribution is 2.28. The molecule has 1 saturated heterocycles. The van der Waals surface area contributed by atoms with Gasteiger partial charge < -0.3 is 25.4 Å². The number of aryl methyl sites for hydroxylation is 1. The summed E-state index contributed by atoms with van der Waals surface area (Å²) in [6, 6.07) is 11.6. The number of rotatable bonds is 7. The van der Waals surface area contributed by atoms with Gasteiger partial charge in [0.25, 0.3) is 0 Å². The summed E-state index contributed by atoms with van der Waals surface area (Å²) in [7, 11) is 3.41. The van der Waals surface area contributed by atoms with Crippen LogP contribution in [0.4, 0.5) is 16.4 Å². The fraction of sp³-hybridized carbons (Fsp3) is 0.304. The van der Waals surface area contributed by atoms with Crippen molar-refractivity contribution < 1.29 is 14.3 Å². The number of alkyl carbamates (subject to hydrolysis) is 1. The predicted molar refractivity (Wildman–Crippen MR) is 127 cm³/mol. The van der Waals surface area contributed by atoms with Crippen molar-refractivity contribution in [3.8, 4) is 17.1 Å². The molecular formula is C23H26N8O3. The lowest BCUT2D eigenvalue weighted by atomic mass is 10.1. The van der Waals surface area contributed by atoms with Crippen LogP contribution in [0.3, 0.4) is 0 Å². The third kappa shape index (κ3) is 4.64. The van der Waals surface area contributed by atoms with E-state index in [1.807, 2.05) is 43.4 Å². The summed E-state index contributed by atoms with van der Waals surface area (Å²) in [6.45, 7) is 1.77. The molecule has 1 aliphatic heterocycles. The van der Waals surface area contributed by atoms with Gasteiger partial charge in [0, 0.05) is 41.8 Å². The third-order valence-electron chi connectivity index (χ3n) is 5.75. The van der Waals surface area contributed by atoms with Crippen LogP contribution in [0.2, 0.25) is 0 Å². The zero-order valence-electron chi connectivity index (χ0n) is 19.0. The number of benzene rings is 2. The molecule has 1 atom stereocenters. The van der Waals surface area contributed by atoms with E-state index < -0.39 is 6.09 Å². The van der Waals surface area contributed by atoms with Crippen molar-refractivity contribution in [3.05, 3.63) is 48.2 Å². The summed E-state index contributed by atoms with van der Waals surface area (Å²) >= 11 is 0. The molecule has 1 unspecified atom stereocenters. The first kappa shape index (κ1) is 21.7. The van der Waals surface area contributed by atoms with E-state index in [0.717, 1.165) is 47.2 Å². The summed E-state index contributed by atoms with van der Waals surface area (Å²) in [5, 5.41) is 21.9. The zero-order valence-corrected chi connectivity index (χ0v) is 19.0. The van der Waals surface area contributed by atoms with Crippen molar-refractivity contribution in [2.45, 2.75) is 19.1 Å². The molecule has 2 aromatic heterocycles. The number of hydrogen-bond donors (Lipinski definition) is 4. The molecule has 5 rings (SSSR count). The molecule has 1 aliphatic rings. The molecule has 0 aliphatic carbocycles. The van der Waals surface area contributed by atoms with Crippen molar-refractivity contribution in [1.29, 1.82) is 0 Å². The van der Waals surface area contributed by atoms with Gasteiger partial charge in [0.15, 0.2) is 5.82 Å². The SMILES string of the molecule is COc1cc(-c2nc(Nc3ccc4[nH]ncc4c3)n(C)n2)ccc1COC(=O)NC1CCNC1. The van der Waals surface area contributed by atoms with E-state index in [0.29, 0.717) is 17.5 Å². The lowest BCUT2D eigenvalue weighted by Gasteiger charge is -2.13. The van der Waals surface area contributed by atoms with E-state index in [1.165, 1.54) is 0 Å². The largest absolute Gasteiger partial charge is 0.496 e. The molecule has 4 aromatic rings. The fourth-order valence-electron chi connectivity index (χ4n) is 3.90. The number of carbonyl (C=O) groups excluding carboxylic acids is 1. The molecule has 34 heavy (non-hydrogen) atoms. The van der Waals surface area contributed by atoms with Gasteiger partial charge in [-0.1, -0.05) is 12.1 Å². The molecule has 4 N–H and O–H groups in total. The molecule has 11 heteroatoms. The smallest absolute Gasteiger partial charge is 0.407 e. The van der Waals surface area contributed by atoms with E-state index in [1.54, 1.807) is 18.0 Å². The van der Waals surface area contributed by atoms with Gasteiger partial charge in [-0.3, -0.25) is 5.10 Å². The van der Waals surface area contributed by atoms with Crippen molar-refractivity contribution in [2.24, 2.45) is 7.05 Å². The Morgan fingerprint density at radius 1 is 1.26 bits per heavy atom. The topological polar surface area (TPSA) is 131 Å². The van der Waals surface area contributed by atoms with Gasteiger partial charge in [-0.15, -0.1) is 5.10 Å². The lowest BCUT2D eigenvalue weighted by molar-refractivity contribution is 0.135. The highest BCUT2D eigenvalue weighted by Gasteiger charge is 2.18. The van der Waals surface area contributed by atoms with Gasteiger partial charge in [-0.2, -0.15) is 10.1 Å². The van der Waals surface area contributed by atoms with Crippen LogP contribution in [-0.2, 0) is 18.4 Å². The molecule has 1 amide bonds. The Morgan fingerprint density at radius 3 is 3.00 bits per heavy atom. The minimum atomic E-state index is -0.435.